The fraction of sp³-hybridized carbons (Fsp3) is 0.300. The van der Waals surface area contributed by atoms with Crippen LogP contribution in [0.5, 0.6) is 0 Å². The molecule has 5 heteroatoms. The maximum atomic E-state index is 11.1. The van der Waals surface area contributed by atoms with Crippen molar-refractivity contribution in [3.63, 3.8) is 0 Å². The highest BCUT2D eigenvalue weighted by atomic mass is 32.1. The van der Waals surface area contributed by atoms with Gasteiger partial charge in [-0.05, 0) is 6.92 Å². The first kappa shape index (κ1) is 10.0. The first-order valence-electron chi connectivity index (χ1n) is 4.70. The molecule has 15 heavy (non-hydrogen) atoms. The average molecular weight is 221 g/mol. The fourth-order valence-corrected chi connectivity index (χ4v) is 1.97. The van der Waals surface area contributed by atoms with Gasteiger partial charge in [0, 0.05) is 30.6 Å². The largest absolute Gasteiger partial charge is 0.292 e. The van der Waals surface area contributed by atoms with Crippen LogP contribution in [-0.2, 0) is 6.54 Å². The van der Waals surface area contributed by atoms with Crippen LogP contribution in [-0.4, -0.2) is 20.5 Å². The predicted octanol–water partition coefficient (Wildman–Crippen LogP) is 2.23. The van der Waals surface area contributed by atoms with E-state index in [9.17, 15) is 4.79 Å². The SMILES string of the molecule is CCn1cc(-c2csc(C(C)=O)n2)cn1. The third-order valence-corrected chi connectivity index (χ3v) is 3.00. The van der Waals surface area contributed by atoms with Gasteiger partial charge < -0.3 is 0 Å². The zero-order valence-corrected chi connectivity index (χ0v) is 9.41. The minimum Gasteiger partial charge on any atom is -0.292 e. The molecule has 0 bridgehead atoms. The molecule has 0 aliphatic rings. The Bertz CT molecular complexity index is 486. The summed E-state index contributed by atoms with van der Waals surface area (Å²) < 4.78 is 1.84. The van der Waals surface area contributed by atoms with E-state index in [1.54, 1.807) is 6.20 Å². The standard InChI is InChI=1S/C10H11N3OS/c1-3-13-5-8(4-11-13)9-6-15-10(12-9)7(2)14/h4-6H,3H2,1-2H3. The lowest BCUT2D eigenvalue weighted by molar-refractivity contribution is 0.101. The quantitative estimate of drug-likeness (QED) is 0.747. The van der Waals surface area contributed by atoms with Gasteiger partial charge in [-0.2, -0.15) is 5.10 Å². The summed E-state index contributed by atoms with van der Waals surface area (Å²) >= 11 is 1.37. The fourth-order valence-electron chi connectivity index (χ4n) is 1.24. The highest BCUT2D eigenvalue weighted by Crippen LogP contribution is 2.21. The van der Waals surface area contributed by atoms with Crippen LogP contribution in [0.25, 0.3) is 11.3 Å². The number of ketones is 1. The summed E-state index contributed by atoms with van der Waals surface area (Å²) in [5.74, 6) is 0.00846. The van der Waals surface area contributed by atoms with Crippen molar-refractivity contribution < 1.29 is 4.79 Å². The zero-order valence-electron chi connectivity index (χ0n) is 8.60. The lowest BCUT2D eigenvalue weighted by Gasteiger charge is -1.90. The van der Waals surface area contributed by atoms with Crippen molar-refractivity contribution in [2.24, 2.45) is 0 Å². The van der Waals surface area contributed by atoms with Gasteiger partial charge in [-0.3, -0.25) is 9.48 Å². The van der Waals surface area contributed by atoms with Crippen molar-refractivity contribution in [3.05, 3.63) is 22.8 Å². The molecule has 0 aliphatic heterocycles. The Morgan fingerprint density at radius 3 is 2.93 bits per heavy atom. The molecule has 78 valence electrons. The number of carbonyl (C=O) groups excluding carboxylic acids is 1. The Morgan fingerprint density at radius 2 is 2.40 bits per heavy atom. The molecule has 0 fully saturated rings. The third kappa shape index (κ3) is 1.97. The number of hydrogen-bond donors (Lipinski definition) is 0. The Hall–Kier alpha value is -1.49. The number of rotatable bonds is 3. The molecule has 0 aliphatic carbocycles. The second-order valence-electron chi connectivity index (χ2n) is 3.18. The van der Waals surface area contributed by atoms with Crippen molar-refractivity contribution in [1.82, 2.24) is 14.8 Å². The highest BCUT2D eigenvalue weighted by Gasteiger charge is 2.09. The molecule has 0 saturated carbocycles. The second kappa shape index (κ2) is 3.94. The van der Waals surface area contributed by atoms with E-state index in [0.29, 0.717) is 5.01 Å². The molecule has 2 aromatic rings. The van der Waals surface area contributed by atoms with Gasteiger partial charge in [0.25, 0.3) is 0 Å². The van der Waals surface area contributed by atoms with Crippen molar-refractivity contribution in [1.29, 1.82) is 0 Å². The van der Waals surface area contributed by atoms with Crippen LogP contribution in [0.2, 0.25) is 0 Å². The van der Waals surface area contributed by atoms with E-state index >= 15 is 0 Å². The molecule has 0 N–H and O–H groups in total. The van der Waals surface area contributed by atoms with Crippen LogP contribution in [0.3, 0.4) is 0 Å². The number of nitrogens with zero attached hydrogens (tertiary/aromatic N) is 3. The van der Waals surface area contributed by atoms with E-state index in [1.165, 1.54) is 18.3 Å². The number of thiazole rings is 1. The molecule has 2 rings (SSSR count). The monoisotopic (exact) mass is 221 g/mol. The smallest absolute Gasteiger partial charge is 0.188 e. The van der Waals surface area contributed by atoms with Gasteiger partial charge in [0.15, 0.2) is 10.8 Å². The predicted molar refractivity (Wildman–Crippen MR) is 59.0 cm³/mol. The van der Waals surface area contributed by atoms with Crippen molar-refractivity contribution in [3.8, 4) is 11.3 Å². The number of Topliss-reactive ketones (excluding diaryl/α,β-unsaturated/α-hetero) is 1. The van der Waals surface area contributed by atoms with Gasteiger partial charge in [-0.15, -0.1) is 11.3 Å². The molecule has 0 unspecified atom stereocenters. The lowest BCUT2D eigenvalue weighted by atomic mass is 10.3. The van der Waals surface area contributed by atoms with Crippen LogP contribution < -0.4 is 0 Å². The first-order valence-corrected chi connectivity index (χ1v) is 5.58. The average Bonchev–Trinajstić information content (AvgIpc) is 2.86. The van der Waals surface area contributed by atoms with Crippen LogP contribution in [0.1, 0.15) is 23.6 Å². The molecule has 4 nitrogen and oxygen atoms in total. The molecule has 0 amide bonds. The molecule has 0 radical (unpaired) electrons. The maximum Gasteiger partial charge on any atom is 0.188 e. The van der Waals surface area contributed by atoms with E-state index in [1.807, 2.05) is 23.2 Å². The Kier molecular flexibility index (Phi) is 2.64. The molecule has 2 aromatic heterocycles. The maximum absolute atomic E-state index is 11.1. The number of aromatic nitrogens is 3. The van der Waals surface area contributed by atoms with Gasteiger partial charge in [0.1, 0.15) is 0 Å². The van der Waals surface area contributed by atoms with Gasteiger partial charge in [-0.1, -0.05) is 0 Å². The van der Waals surface area contributed by atoms with E-state index < -0.39 is 0 Å². The second-order valence-corrected chi connectivity index (χ2v) is 4.04. The molecule has 2 heterocycles. The molecule has 0 atom stereocenters. The van der Waals surface area contributed by atoms with Gasteiger partial charge in [-0.25, -0.2) is 4.98 Å². The summed E-state index contributed by atoms with van der Waals surface area (Å²) in [7, 11) is 0. The summed E-state index contributed by atoms with van der Waals surface area (Å²) in [6.07, 6.45) is 3.70. The Labute approximate surface area is 91.6 Å². The summed E-state index contributed by atoms with van der Waals surface area (Å²) in [6, 6.07) is 0. The zero-order chi connectivity index (χ0) is 10.8. The molecular formula is C10H11N3OS. The van der Waals surface area contributed by atoms with E-state index in [4.69, 9.17) is 0 Å². The number of carbonyl (C=O) groups is 1. The Morgan fingerprint density at radius 1 is 1.60 bits per heavy atom. The lowest BCUT2D eigenvalue weighted by Crippen LogP contribution is -1.92. The Balaban J connectivity index is 2.32. The molecule has 0 spiro atoms. The van der Waals surface area contributed by atoms with Crippen molar-refractivity contribution >= 4 is 17.1 Å². The van der Waals surface area contributed by atoms with E-state index in [-0.39, 0.29) is 5.78 Å². The van der Waals surface area contributed by atoms with E-state index in [2.05, 4.69) is 10.1 Å². The summed E-state index contributed by atoms with van der Waals surface area (Å²) in [6.45, 7) is 4.39. The summed E-state index contributed by atoms with van der Waals surface area (Å²) in [4.78, 5) is 15.3. The highest BCUT2D eigenvalue weighted by molar-refractivity contribution is 7.12. The molecular weight excluding hydrogens is 210 g/mol. The minimum absolute atomic E-state index is 0.00846. The topological polar surface area (TPSA) is 47.8 Å². The molecule has 0 saturated heterocycles. The van der Waals surface area contributed by atoms with Gasteiger partial charge in [0.05, 0.1) is 11.9 Å². The van der Waals surface area contributed by atoms with Crippen LogP contribution in [0.15, 0.2) is 17.8 Å². The summed E-state index contributed by atoms with van der Waals surface area (Å²) in [5.41, 5.74) is 1.78. The van der Waals surface area contributed by atoms with Gasteiger partial charge in [0.2, 0.25) is 0 Å². The number of hydrogen-bond acceptors (Lipinski definition) is 4. The van der Waals surface area contributed by atoms with Crippen molar-refractivity contribution in [2.75, 3.05) is 0 Å². The normalized spacial score (nSPS) is 10.5. The van der Waals surface area contributed by atoms with Crippen LogP contribution in [0.4, 0.5) is 0 Å². The van der Waals surface area contributed by atoms with E-state index in [0.717, 1.165) is 17.8 Å². The molecule has 0 aromatic carbocycles. The van der Waals surface area contributed by atoms with Crippen molar-refractivity contribution in [2.45, 2.75) is 20.4 Å². The first-order chi connectivity index (χ1) is 7.20. The van der Waals surface area contributed by atoms with Crippen LogP contribution in [0, 0.1) is 0 Å². The van der Waals surface area contributed by atoms with Crippen LogP contribution >= 0.6 is 11.3 Å². The third-order valence-electron chi connectivity index (χ3n) is 2.06. The number of aryl methyl sites for hydroxylation is 1. The minimum atomic E-state index is 0.00846. The van der Waals surface area contributed by atoms with Gasteiger partial charge >= 0.3 is 0 Å². The summed E-state index contributed by atoms with van der Waals surface area (Å²) in [5, 5.41) is 6.59.